The largest absolute Gasteiger partial charge is 0.290 e. The Morgan fingerprint density at radius 3 is 2.81 bits per heavy atom. The molecule has 21 heavy (non-hydrogen) atoms. The maximum absolute atomic E-state index is 13.4. The van der Waals surface area contributed by atoms with E-state index >= 15 is 0 Å². The van der Waals surface area contributed by atoms with Crippen molar-refractivity contribution in [3.63, 3.8) is 0 Å². The molecular weight excluding hydrogens is 280 g/mol. The standard InChI is InChI=1S/C14H13F2N3O2/c15-6-1-3-9-8(5-6)11(20)13-18-12-7(14(21)19(9)13)2-4-10(16)17-12/h1,3,5,7,10,12-13,17-18H,2,4H2. The number of anilines is 1. The fourth-order valence-corrected chi connectivity index (χ4v) is 3.38. The number of nitrogens with one attached hydrogen (secondary N) is 2. The lowest BCUT2D eigenvalue weighted by atomic mass is 9.91. The molecule has 0 saturated carbocycles. The smallest absolute Gasteiger partial charge is 0.234 e. The molecule has 7 heteroatoms. The topological polar surface area (TPSA) is 61.4 Å². The van der Waals surface area contributed by atoms with Gasteiger partial charge in [0, 0.05) is 5.56 Å². The number of hydrogen-bond acceptors (Lipinski definition) is 4. The Morgan fingerprint density at radius 1 is 1.19 bits per heavy atom. The molecule has 1 aromatic rings. The number of ketones is 1. The maximum Gasteiger partial charge on any atom is 0.234 e. The van der Waals surface area contributed by atoms with Crippen molar-refractivity contribution >= 4 is 17.4 Å². The first-order valence-electron chi connectivity index (χ1n) is 6.89. The van der Waals surface area contributed by atoms with E-state index in [9.17, 15) is 18.4 Å². The number of fused-ring (bicyclic) bond motifs is 4. The third-order valence-electron chi connectivity index (χ3n) is 4.38. The maximum atomic E-state index is 13.4. The molecule has 4 unspecified atom stereocenters. The van der Waals surface area contributed by atoms with Crippen LogP contribution >= 0.6 is 0 Å². The minimum Gasteiger partial charge on any atom is -0.290 e. The average molecular weight is 293 g/mol. The van der Waals surface area contributed by atoms with Gasteiger partial charge in [-0.15, -0.1) is 0 Å². The molecule has 3 heterocycles. The molecule has 0 aliphatic carbocycles. The Hall–Kier alpha value is -1.86. The van der Waals surface area contributed by atoms with Crippen molar-refractivity contribution in [1.29, 1.82) is 0 Å². The molecule has 1 amide bonds. The quantitative estimate of drug-likeness (QED) is 0.698. The molecule has 4 atom stereocenters. The van der Waals surface area contributed by atoms with Gasteiger partial charge in [-0.05, 0) is 31.0 Å². The first-order valence-corrected chi connectivity index (χ1v) is 6.89. The average Bonchev–Trinajstić information content (AvgIpc) is 2.72. The van der Waals surface area contributed by atoms with Crippen LogP contribution in [0.25, 0.3) is 0 Å². The van der Waals surface area contributed by atoms with E-state index < -0.39 is 30.4 Å². The van der Waals surface area contributed by atoms with Crippen LogP contribution in [0.3, 0.4) is 0 Å². The number of piperidine rings is 1. The number of hydrogen-bond donors (Lipinski definition) is 2. The summed E-state index contributed by atoms with van der Waals surface area (Å²) in [6, 6.07) is 3.81. The zero-order valence-electron chi connectivity index (χ0n) is 11.0. The summed E-state index contributed by atoms with van der Waals surface area (Å²) >= 11 is 0. The minimum absolute atomic E-state index is 0.191. The van der Waals surface area contributed by atoms with E-state index in [-0.39, 0.29) is 23.7 Å². The highest BCUT2D eigenvalue weighted by Crippen LogP contribution is 2.37. The SMILES string of the molecule is O=C1c2cc(F)ccc2N2C(=O)C3CCC(F)NC3NC12. The predicted octanol–water partition coefficient (Wildman–Crippen LogP) is 0.906. The fraction of sp³-hybridized carbons (Fsp3) is 0.429. The van der Waals surface area contributed by atoms with Gasteiger partial charge in [0.2, 0.25) is 11.7 Å². The van der Waals surface area contributed by atoms with E-state index in [1.807, 2.05) is 0 Å². The molecule has 5 nitrogen and oxygen atoms in total. The molecule has 110 valence electrons. The lowest BCUT2D eigenvalue weighted by Crippen LogP contribution is -2.69. The van der Waals surface area contributed by atoms with Crippen LogP contribution in [0.4, 0.5) is 14.5 Å². The highest BCUT2D eigenvalue weighted by Gasteiger charge is 2.51. The third-order valence-corrected chi connectivity index (χ3v) is 4.38. The molecule has 2 fully saturated rings. The van der Waals surface area contributed by atoms with Crippen molar-refractivity contribution in [3.05, 3.63) is 29.6 Å². The Bertz CT molecular complexity index is 651. The second kappa shape index (κ2) is 4.32. The summed E-state index contributed by atoms with van der Waals surface area (Å²) in [5, 5.41) is 5.64. The number of alkyl halides is 1. The van der Waals surface area contributed by atoms with Gasteiger partial charge in [-0.1, -0.05) is 0 Å². The van der Waals surface area contributed by atoms with E-state index in [0.717, 1.165) is 6.07 Å². The van der Waals surface area contributed by atoms with E-state index in [4.69, 9.17) is 0 Å². The minimum atomic E-state index is -1.19. The summed E-state index contributed by atoms with van der Waals surface area (Å²) in [6.45, 7) is 0. The molecule has 3 aliphatic rings. The number of carbonyl (C=O) groups excluding carboxylic acids is 2. The third kappa shape index (κ3) is 1.74. The Labute approximate surface area is 119 Å². The van der Waals surface area contributed by atoms with E-state index in [1.165, 1.54) is 17.0 Å². The summed E-state index contributed by atoms with van der Waals surface area (Å²) in [6.07, 6.45) is -1.95. The van der Waals surface area contributed by atoms with Crippen LogP contribution in [0.2, 0.25) is 0 Å². The van der Waals surface area contributed by atoms with Crippen molar-refractivity contribution < 1.29 is 18.4 Å². The van der Waals surface area contributed by atoms with Gasteiger partial charge in [0.1, 0.15) is 5.82 Å². The number of halogens is 2. The van der Waals surface area contributed by atoms with E-state index in [0.29, 0.717) is 12.1 Å². The van der Waals surface area contributed by atoms with Gasteiger partial charge in [-0.25, -0.2) is 8.78 Å². The summed E-state index contributed by atoms with van der Waals surface area (Å²) in [5.41, 5.74) is 0.612. The molecule has 0 radical (unpaired) electrons. The van der Waals surface area contributed by atoms with Crippen molar-refractivity contribution in [2.24, 2.45) is 5.92 Å². The molecule has 1 aromatic carbocycles. The van der Waals surface area contributed by atoms with Crippen LogP contribution in [0.15, 0.2) is 18.2 Å². The van der Waals surface area contributed by atoms with Gasteiger partial charge in [-0.3, -0.25) is 25.1 Å². The predicted molar refractivity (Wildman–Crippen MR) is 69.7 cm³/mol. The van der Waals surface area contributed by atoms with Gasteiger partial charge in [-0.2, -0.15) is 0 Å². The lowest BCUT2D eigenvalue weighted by Gasteiger charge is -2.43. The number of carbonyl (C=O) groups is 2. The first kappa shape index (κ1) is 12.8. The van der Waals surface area contributed by atoms with Crippen LogP contribution < -0.4 is 15.5 Å². The van der Waals surface area contributed by atoms with Gasteiger partial charge < -0.3 is 0 Å². The van der Waals surface area contributed by atoms with E-state index in [1.54, 1.807) is 0 Å². The van der Waals surface area contributed by atoms with Crippen molar-refractivity contribution in [1.82, 2.24) is 10.6 Å². The fourth-order valence-electron chi connectivity index (χ4n) is 3.38. The van der Waals surface area contributed by atoms with Gasteiger partial charge in [0.05, 0.1) is 17.8 Å². The lowest BCUT2D eigenvalue weighted by molar-refractivity contribution is -0.128. The first-order chi connectivity index (χ1) is 10.1. The number of nitrogens with zero attached hydrogens (tertiary/aromatic N) is 1. The highest BCUT2D eigenvalue weighted by atomic mass is 19.1. The number of benzene rings is 1. The Kier molecular flexibility index (Phi) is 2.64. The summed E-state index contributed by atoms with van der Waals surface area (Å²) < 4.78 is 26.7. The molecule has 0 spiro atoms. The zero-order chi connectivity index (χ0) is 14.7. The Balaban J connectivity index is 1.75. The molecule has 2 saturated heterocycles. The summed E-state index contributed by atoms with van der Waals surface area (Å²) in [7, 11) is 0. The number of rotatable bonds is 0. The normalized spacial score (nSPS) is 34.5. The number of amides is 1. The molecule has 2 N–H and O–H groups in total. The molecule has 0 bridgehead atoms. The van der Waals surface area contributed by atoms with Crippen LogP contribution in [-0.4, -0.2) is 30.3 Å². The van der Waals surface area contributed by atoms with Gasteiger partial charge in [0.15, 0.2) is 12.5 Å². The highest BCUT2D eigenvalue weighted by molar-refractivity contribution is 6.18. The molecule has 3 aliphatic heterocycles. The number of Topliss-reactive ketones (excluding diaryl/α,β-unsaturated/α-hetero) is 1. The van der Waals surface area contributed by atoms with Crippen molar-refractivity contribution in [2.45, 2.75) is 31.5 Å². The Morgan fingerprint density at radius 2 is 2.00 bits per heavy atom. The van der Waals surface area contributed by atoms with Gasteiger partial charge >= 0.3 is 0 Å². The molecule has 4 rings (SSSR count). The van der Waals surface area contributed by atoms with Crippen molar-refractivity contribution in [2.75, 3.05) is 4.90 Å². The van der Waals surface area contributed by atoms with Crippen LogP contribution in [0.5, 0.6) is 0 Å². The second-order valence-corrected chi connectivity index (χ2v) is 5.60. The zero-order valence-corrected chi connectivity index (χ0v) is 11.0. The van der Waals surface area contributed by atoms with Crippen molar-refractivity contribution in [3.8, 4) is 0 Å². The molecule has 0 aromatic heterocycles. The summed E-state index contributed by atoms with van der Waals surface area (Å²) in [5.74, 6) is -1.52. The van der Waals surface area contributed by atoms with Gasteiger partial charge in [0.25, 0.3) is 0 Å². The van der Waals surface area contributed by atoms with Crippen LogP contribution in [-0.2, 0) is 4.79 Å². The molecular formula is C14H13F2N3O2. The van der Waals surface area contributed by atoms with Crippen LogP contribution in [0, 0.1) is 11.7 Å². The van der Waals surface area contributed by atoms with E-state index in [2.05, 4.69) is 10.6 Å². The monoisotopic (exact) mass is 293 g/mol. The second-order valence-electron chi connectivity index (χ2n) is 5.60. The summed E-state index contributed by atoms with van der Waals surface area (Å²) in [4.78, 5) is 26.3. The van der Waals surface area contributed by atoms with Crippen LogP contribution in [0.1, 0.15) is 23.2 Å².